The largest absolute Gasteiger partial charge is 0.0622 e. The molecule has 3 rings (SSSR count). The summed E-state index contributed by atoms with van der Waals surface area (Å²) >= 11 is 0. The molecule has 22 heavy (non-hydrogen) atoms. The van der Waals surface area contributed by atoms with Crippen LogP contribution in [0.15, 0.2) is 48.5 Å². The van der Waals surface area contributed by atoms with Crippen LogP contribution in [0.2, 0.25) is 0 Å². The number of rotatable bonds is 3. The monoisotopic (exact) mass is 292 g/mol. The average molecular weight is 292 g/mol. The second-order valence-corrected chi connectivity index (χ2v) is 7.85. The summed E-state index contributed by atoms with van der Waals surface area (Å²) in [5, 5.41) is 0. The van der Waals surface area contributed by atoms with Gasteiger partial charge in [-0.25, -0.2) is 0 Å². The Morgan fingerprint density at radius 3 is 1.68 bits per heavy atom. The van der Waals surface area contributed by atoms with Crippen LogP contribution in [0.1, 0.15) is 55.9 Å². The van der Waals surface area contributed by atoms with Crippen LogP contribution in [0.25, 0.3) is 0 Å². The van der Waals surface area contributed by atoms with Gasteiger partial charge in [-0.1, -0.05) is 87.4 Å². The summed E-state index contributed by atoms with van der Waals surface area (Å²) in [5.74, 6) is 1.26. The molecule has 1 fully saturated rings. The molecule has 0 nitrogen and oxygen atoms in total. The Balaban J connectivity index is 2.08. The van der Waals surface area contributed by atoms with E-state index in [1.165, 1.54) is 22.3 Å². The van der Waals surface area contributed by atoms with E-state index < -0.39 is 0 Å². The average Bonchev–Trinajstić information content (AvgIpc) is 3.00. The van der Waals surface area contributed by atoms with Gasteiger partial charge in [0.05, 0.1) is 0 Å². The normalized spacial score (nSPS) is 30.6. The molecule has 0 heteroatoms. The quantitative estimate of drug-likeness (QED) is 0.649. The molecule has 2 aromatic carbocycles. The lowest BCUT2D eigenvalue weighted by Crippen LogP contribution is -2.17. The van der Waals surface area contributed by atoms with Gasteiger partial charge >= 0.3 is 0 Å². The second kappa shape index (κ2) is 4.98. The summed E-state index contributed by atoms with van der Waals surface area (Å²) in [5.41, 5.74) is 6.20. The first-order chi connectivity index (χ1) is 10.3. The van der Waals surface area contributed by atoms with E-state index in [0.717, 1.165) is 0 Å². The van der Waals surface area contributed by atoms with Gasteiger partial charge in [0, 0.05) is 11.3 Å². The van der Waals surface area contributed by atoms with E-state index in [0.29, 0.717) is 17.3 Å². The zero-order chi connectivity index (χ0) is 16.1. The Bertz CT molecular complexity index is 662. The summed E-state index contributed by atoms with van der Waals surface area (Å²) in [6.45, 7) is 14.0. The third kappa shape index (κ3) is 1.96. The molecule has 0 saturated heterocycles. The molecule has 1 saturated carbocycles. The molecule has 2 unspecified atom stereocenters. The van der Waals surface area contributed by atoms with Crippen molar-refractivity contribution in [3.8, 4) is 0 Å². The van der Waals surface area contributed by atoms with E-state index >= 15 is 0 Å². The van der Waals surface area contributed by atoms with E-state index in [2.05, 4.69) is 90.1 Å². The van der Waals surface area contributed by atoms with Crippen molar-refractivity contribution in [2.75, 3.05) is 0 Å². The van der Waals surface area contributed by atoms with Gasteiger partial charge in [0.2, 0.25) is 0 Å². The smallest absolute Gasteiger partial charge is 0.00613 e. The van der Waals surface area contributed by atoms with Crippen LogP contribution in [-0.2, 0) is 5.41 Å². The van der Waals surface area contributed by atoms with Crippen LogP contribution < -0.4 is 0 Å². The van der Waals surface area contributed by atoms with E-state index in [9.17, 15) is 0 Å². The second-order valence-electron chi connectivity index (χ2n) is 7.85. The molecule has 0 N–H and O–H groups in total. The molecule has 0 aliphatic heterocycles. The third-order valence-corrected chi connectivity index (χ3v) is 6.47. The van der Waals surface area contributed by atoms with E-state index in [1.54, 1.807) is 0 Å². The molecule has 3 atom stereocenters. The van der Waals surface area contributed by atoms with Gasteiger partial charge in [0.25, 0.3) is 0 Å². The van der Waals surface area contributed by atoms with Crippen molar-refractivity contribution in [3.63, 3.8) is 0 Å². The molecule has 116 valence electrons. The first-order valence-electron chi connectivity index (χ1n) is 8.45. The van der Waals surface area contributed by atoms with Crippen LogP contribution in [0, 0.1) is 25.2 Å². The minimum Gasteiger partial charge on any atom is -0.0622 e. The molecule has 0 radical (unpaired) electrons. The molecule has 0 heterocycles. The highest BCUT2D eigenvalue weighted by Crippen LogP contribution is 2.77. The molecule has 0 spiro atoms. The summed E-state index contributed by atoms with van der Waals surface area (Å²) in [6.07, 6.45) is 0. The maximum atomic E-state index is 2.47. The zero-order valence-electron chi connectivity index (χ0n) is 14.8. The van der Waals surface area contributed by atoms with Crippen molar-refractivity contribution in [1.82, 2.24) is 0 Å². The Kier molecular flexibility index (Phi) is 3.47. The first kappa shape index (κ1) is 15.3. The van der Waals surface area contributed by atoms with Crippen molar-refractivity contribution in [2.24, 2.45) is 11.3 Å². The fraction of sp³-hybridized carbons (Fsp3) is 0.455. The number of aryl methyl sites for hydroxylation is 2. The van der Waals surface area contributed by atoms with E-state index in [1.807, 2.05) is 0 Å². The fourth-order valence-electron chi connectivity index (χ4n) is 4.58. The van der Waals surface area contributed by atoms with Gasteiger partial charge in [0.15, 0.2) is 0 Å². The van der Waals surface area contributed by atoms with Gasteiger partial charge < -0.3 is 0 Å². The Morgan fingerprint density at radius 2 is 1.23 bits per heavy atom. The van der Waals surface area contributed by atoms with Crippen LogP contribution in [0.4, 0.5) is 0 Å². The van der Waals surface area contributed by atoms with Gasteiger partial charge in [-0.2, -0.15) is 0 Å². The summed E-state index contributed by atoms with van der Waals surface area (Å²) in [7, 11) is 0. The van der Waals surface area contributed by atoms with Crippen molar-refractivity contribution in [2.45, 2.75) is 52.9 Å². The number of hydrogen-bond acceptors (Lipinski definition) is 0. The van der Waals surface area contributed by atoms with Crippen molar-refractivity contribution in [3.05, 3.63) is 70.8 Å². The minimum absolute atomic E-state index is 0.226. The molecule has 0 bridgehead atoms. The van der Waals surface area contributed by atoms with Gasteiger partial charge in [0.1, 0.15) is 0 Å². The van der Waals surface area contributed by atoms with Gasteiger partial charge in [-0.05, 0) is 36.3 Å². The lowest BCUT2D eigenvalue weighted by molar-refractivity contribution is 0.338. The number of hydrogen-bond donors (Lipinski definition) is 0. The summed E-state index contributed by atoms with van der Waals surface area (Å²) < 4.78 is 0. The first-order valence-corrected chi connectivity index (χ1v) is 8.45. The molecule has 0 aromatic heterocycles. The van der Waals surface area contributed by atoms with Crippen LogP contribution in [-0.4, -0.2) is 0 Å². The summed E-state index contributed by atoms with van der Waals surface area (Å²) in [6, 6.07) is 18.4. The molecule has 2 aromatic rings. The maximum absolute atomic E-state index is 2.47. The molecular weight excluding hydrogens is 264 g/mol. The molecular formula is C22H28. The Morgan fingerprint density at radius 1 is 0.773 bits per heavy atom. The SMILES string of the molecule is Cc1ccc(C2C(C)(c3ccc(C)cc3)[C@]2(C)C(C)C)cc1. The standard InChI is InChI=1S/C22H28/c1-15(2)21(5)20(18-11-7-16(3)8-12-18)22(21,6)19-13-9-17(4)10-14-19/h7-15,20H,1-6H3/t20?,21-,22?/m1/s1. The highest BCUT2D eigenvalue weighted by atomic mass is 14.7. The molecule has 1 aliphatic rings. The van der Waals surface area contributed by atoms with Crippen molar-refractivity contribution >= 4 is 0 Å². The van der Waals surface area contributed by atoms with Crippen LogP contribution >= 0.6 is 0 Å². The van der Waals surface area contributed by atoms with Crippen LogP contribution in [0.3, 0.4) is 0 Å². The lowest BCUT2D eigenvalue weighted by atomic mass is 9.82. The zero-order valence-corrected chi connectivity index (χ0v) is 14.8. The fourth-order valence-corrected chi connectivity index (χ4v) is 4.58. The highest BCUT2D eigenvalue weighted by molar-refractivity contribution is 5.50. The predicted octanol–water partition coefficient (Wildman–Crippen LogP) is 6.02. The maximum Gasteiger partial charge on any atom is 0.00613 e. The molecule has 0 amide bonds. The van der Waals surface area contributed by atoms with E-state index in [4.69, 9.17) is 0 Å². The predicted molar refractivity (Wildman–Crippen MR) is 95.4 cm³/mol. The van der Waals surface area contributed by atoms with Gasteiger partial charge in [-0.15, -0.1) is 0 Å². The molecule has 1 aliphatic carbocycles. The topological polar surface area (TPSA) is 0 Å². The number of benzene rings is 2. The van der Waals surface area contributed by atoms with E-state index in [-0.39, 0.29) is 5.41 Å². The Labute approximate surface area is 135 Å². The van der Waals surface area contributed by atoms with Crippen molar-refractivity contribution < 1.29 is 0 Å². The lowest BCUT2D eigenvalue weighted by Gasteiger charge is -2.22. The third-order valence-electron chi connectivity index (χ3n) is 6.47. The minimum atomic E-state index is 0.226. The summed E-state index contributed by atoms with van der Waals surface area (Å²) in [4.78, 5) is 0. The van der Waals surface area contributed by atoms with Crippen LogP contribution in [0.5, 0.6) is 0 Å². The van der Waals surface area contributed by atoms with Crippen molar-refractivity contribution in [1.29, 1.82) is 0 Å². The Hall–Kier alpha value is -1.56. The van der Waals surface area contributed by atoms with Gasteiger partial charge in [-0.3, -0.25) is 0 Å². The highest BCUT2D eigenvalue weighted by Gasteiger charge is 2.72.